The van der Waals surface area contributed by atoms with Crippen LogP contribution in [0.4, 0.5) is 48.8 Å². The minimum Gasteiger partial charge on any atom is -0.495 e. The Bertz CT molecular complexity index is 1960. The number of benzene rings is 2. The number of nitrogens with zero attached hydrogens (tertiary/aromatic N) is 7. The molecule has 1 saturated heterocycles. The van der Waals surface area contributed by atoms with Crippen LogP contribution in [0.3, 0.4) is 0 Å². The number of imide groups is 1. The molecule has 1 aliphatic carbocycles. The Labute approximate surface area is 335 Å². The fourth-order valence-electron chi connectivity index (χ4n) is 6.40. The van der Waals surface area contributed by atoms with Gasteiger partial charge in [-0.3, -0.25) is 15.0 Å². The molecule has 3 aromatic rings. The van der Waals surface area contributed by atoms with Crippen molar-refractivity contribution in [1.82, 2.24) is 9.97 Å². The molecule has 0 N–H and O–H groups in total. The van der Waals surface area contributed by atoms with Crippen molar-refractivity contribution in [2.24, 2.45) is 11.8 Å². The number of piperidine rings is 1. The molecule has 302 valence electrons. The van der Waals surface area contributed by atoms with E-state index in [4.69, 9.17) is 42.1 Å². The van der Waals surface area contributed by atoms with Crippen LogP contribution in [0, 0.1) is 22.0 Å². The highest BCUT2D eigenvalue weighted by atomic mass is 35.5. The molecule has 1 aliphatic heterocycles. The summed E-state index contributed by atoms with van der Waals surface area (Å²) in [4.78, 5) is 67.4. The Morgan fingerprint density at radius 3 is 1.88 bits per heavy atom. The van der Waals surface area contributed by atoms with Crippen LogP contribution in [0.1, 0.15) is 67.2 Å². The van der Waals surface area contributed by atoms with Crippen LogP contribution in [0.15, 0.2) is 36.7 Å². The molecule has 16 nitrogen and oxygen atoms in total. The lowest BCUT2D eigenvalue weighted by Gasteiger charge is -2.34. The van der Waals surface area contributed by atoms with Gasteiger partial charge in [-0.25, -0.2) is 29.3 Å². The zero-order valence-corrected chi connectivity index (χ0v) is 34.4. The van der Waals surface area contributed by atoms with Gasteiger partial charge in [-0.15, -0.1) is 0 Å². The first kappa shape index (κ1) is 42.1. The number of halogens is 2. The minimum absolute atomic E-state index is 0.0413. The van der Waals surface area contributed by atoms with Crippen LogP contribution in [0.2, 0.25) is 10.0 Å². The Hall–Kier alpha value is -5.09. The van der Waals surface area contributed by atoms with Crippen LogP contribution in [0.25, 0.3) is 0 Å². The van der Waals surface area contributed by atoms with Crippen LogP contribution >= 0.6 is 23.2 Å². The first-order valence-corrected chi connectivity index (χ1v) is 18.8. The van der Waals surface area contributed by atoms with Gasteiger partial charge in [0.15, 0.2) is 0 Å². The summed E-state index contributed by atoms with van der Waals surface area (Å²) in [7, 11) is 3.96. The number of methoxy groups -OCH3 is 2. The van der Waals surface area contributed by atoms with E-state index in [2.05, 4.69) is 14.9 Å². The number of anilines is 5. The number of carbonyl (C=O) groups excluding carboxylic acids is 3. The third kappa shape index (κ3) is 9.46. The standard InChI is InChI=1S/C38H47Cl2N7O9/c1-37(2,3)55-35(49)45(25-13-12-24(18-26(25)47(51)52)44-16-14-23(15-17-44)22-10-11-22)30-20-29(41-21-42-30)43(7)34(48)46(36(50)56-38(4,5)6)33-31(39)27(53-8)19-28(54-9)32(33)40/h12-13,18-23H,10-11,14-17H2,1-9H3. The number of aromatic nitrogens is 2. The first-order chi connectivity index (χ1) is 26.2. The summed E-state index contributed by atoms with van der Waals surface area (Å²) in [5.41, 5.74) is -2.22. The molecule has 0 spiro atoms. The number of nitro benzene ring substituents is 1. The van der Waals surface area contributed by atoms with E-state index >= 15 is 0 Å². The maximum Gasteiger partial charge on any atom is 0.423 e. The molecule has 56 heavy (non-hydrogen) atoms. The highest BCUT2D eigenvalue weighted by Crippen LogP contribution is 2.47. The third-order valence-electron chi connectivity index (χ3n) is 9.21. The van der Waals surface area contributed by atoms with Crippen molar-refractivity contribution < 1.29 is 38.3 Å². The van der Waals surface area contributed by atoms with Gasteiger partial charge >= 0.3 is 18.2 Å². The normalized spacial score (nSPS) is 14.8. The smallest absolute Gasteiger partial charge is 0.423 e. The molecule has 1 aromatic heterocycles. The second-order valence-electron chi connectivity index (χ2n) is 15.6. The number of ether oxygens (including phenoxy) is 4. The fraction of sp³-hybridized carbons (Fsp3) is 0.500. The molecular formula is C38H47Cl2N7O9. The summed E-state index contributed by atoms with van der Waals surface area (Å²) in [6, 6.07) is 6.23. The highest BCUT2D eigenvalue weighted by Gasteiger charge is 2.39. The van der Waals surface area contributed by atoms with Gasteiger partial charge in [0.1, 0.15) is 62.1 Å². The zero-order chi connectivity index (χ0) is 41.3. The van der Waals surface area contributed by atoms with E-state index in [1.807, 2.05) is 0 Å². The molecule has 2 heterocycles. The average molecular weight is 817 g/mol. The van der Waals surface area contributed by atoms with E-state index in [1.54, 1.807) is 47.6 Å². The molecule has 0 atom stereocenters. The summed E-state index contributed by atoms with van der Waals surface area (Å²) in [5, 5.41) is 12.3. The molecule has 1 saturated carbocycles. The molecular weight excluding hydrogens is 769 g/mol. The SMILES string of the molecule is COc1cc(OC)c(Cl)c(N(C(=O)OC(C)(C)C)C(=O)N(C)c2cc(N(C(=O)OC(C)(C)C)c3ccc(N4CCC(C5CC5)CC4)cc3[N+](=O)[O-])ncn2)c1Cl. The number of nitro groups is 1. The summed E-state index contributed by atoms with van der Waals surface area (Å²) in [6.07, 6.45) is 3.48. The summed E-state index contributed by atoms with van der Waals surface area (Å²) < 4.78 is 22.0. The van der Waals surface area contributed by atoms with E-state index in [1.165, 1.54) is 58.4 Å². The van der Waals surface area contributed by atoms with Crippen molar-refractivity contribution in [3.05, 3.63) is 56.8 Å². The topological polar surface area (TPSA) is 170 Å². The molecule has 0 bridgehead atoms. The van der Waals surface area contributed by atoms with E-state index < -0.39 is 34.3 Å². The van der Waals surface area contributed by atoms with Crippen molar-refractivity contribution in [3.8, 4) is 11.5 Å². The van der Waals surface area contributed by atoms with Gasteiger partial charge in [-0.05, 0) is 91.2 Å². The van der Waals surface area contributed by atoms with Crippen molar-refractivity contribution >= 4 is 75.8 Å². The van der Waals surface area contributed by atoms with Gasteiger partial charge in [0.2, 0.25) is 0 Å². The Morgan fingerprint density at radius 2 is 1.36 bits per heavy atom. The van der Waals surface area contributed by atoms with Crippen molar-refractivity contribution in [2.45, 2.75) is 78.4 Å². The lowest BCUT2D eigenvalue weighted by molar-refractivity contribution is -0.384. The van der Waals surface area contributed by atoms with E-state index in [0.29, 0.717) is 16.5 Å². The number of rotatable bonds is 9. The summed E-state index contributed by atoms with van der Waals surface area (Å²) in [5.74, 6) is 1.22. The Morgan fingerprint density at radius 1 is 0.821 bits per heavy atom. The number of hydrogen-bond acceptors (Lipinski definition) is 12. The zero-order valence-electron chi connectivity index (χ0n) is 32.9. The summed E-state index contributed by atoms with van der Waals surface area (Å²) in [6.45, 7) is 11.3. The lowest BCUT2D eigenvalue weighted by Crippen LogP contribution is -2.48. The van der Waals surface area contributed by atoms with Gasteiger partial charge in [0.25, 0.3) is 5.69 Å². The van der Waals surface area contributed by atoms with Gasteiger partial charge in [-0.2, -0.15) is 4.90 Å². The molecule has 4 amide bonds. The second-order valence-corrected chi connectivity index (χ2v) is 16.3. The molecule has 18 heteroatoms. The molecule has 2 aromatic carbocycles. The van der Waals surface area contributed by atoms with Gasteiger partial charge in [0, 0.05) is 44.0 Å². The van der Waals surface area contributed by atoms with E-state index in [0.717, 1.165) is 48.0 Å². The predicted molar refractivity (Wildman–Crippen MR) is 213 cm³/mol. The van der Waals surface area contributed by atoms with E-state index in [-0.39, 0.29) is 50.2 Å². The van der Waals surface area contributed by atoms with Gasteiger partial charge < -0.3 is 23.8 Å². The Kier molecular flexibility index (Phi) is 12.4. The van der Waals surface area contributed by atoms with Crippen molar-refractivity contribution in [1.29, 1.82) is 0 Å². The Balaban J connectivity index is 1.57. The average Bonchev–Trinajstić information content (AvgIpc) is 3.98. The molecule has 2 aliphatic rings. The largest absolute Gasteiger partial charge is 0.495 e. The number of amides is 4. The lowest BCUT2D eigenvalue weighted by atomic mass is 9.92. The first-order valence-electron chi connectivity index (χ1n) is 18.0. The quantitative estimate of drug-likeness (QED) is 0.148. The highest BCUT2D eigenvalue weighted by molar-refractivity contribution is 6.43. The van der Waals surface area contributed by atoms with Gasteiger partial charge in [0.05, 0.1) is 19.1 Å². The number of carbonyl (C=O) groups is 3. The summed E-state index contributed by atoms with van der Waals surface area (Å²) >= 11 is 13.3. The van der Waals surface area contributed by atoms with Crippen LogP contribution < -0.4 is 29.1 Å². The number of hydrogen-bond donors (Lipinski definition) is 0. The second kappa shape index (κ2) is 16.6. The van der Waals surface area contributed by atoms with Crippen LogP contribution in [-0.4, -0.2) is 78.7 Å². The monoisotopic (exact) mass is 815 g/mol. The predicted octanol–water partition coefficient (Wildman–Crippen LogP) is 9.41. The van der Waals surface area contributed by atoms with E-state index in [9.17, 15) is 24.5 Å². The molecule has 0 radical (unpaired) electrons. The third-order valence-corrected chi connectivity index (χ3v) is 9.94. The van der Waals surface area contributed by atoms with Crippen molar-refractivity contribution in [3.63, 3.8) is 0 Å². The van der Waals surface area contributed by atoms with Crippen LogP contribution in [-0.2, 0) is 9.47 Å². The minimum atomic E-state index is -1.15. The van der Waals surface area contributed by atoms with Crippen molar-refractivity contribution in [2.75, 3.05) is 54.0 Å². The molecule has 2 fully saturated rings. The molecule has 5 rings (SSSR count). The number of urea groups is 1. The van der Waals surface area contributed by atoms with Gasteiger partial charge in [-0.1, -0.05) is 23.2 Å². The maximum atomic E-state index is 14.4. The fourth-order valence-corrected chi connectivity index (χ4v) is 7.07. The molecule has 0 unspecified atom stereocenters. The maximum absolute atomic E-state index is 14.4. The van der Waals surface area contributed by atoms with Crippen LogP contribution in [0.5, 0.6) is 11.5 Å².